The van der Waals surface area contributed by atoms with Crippen LogP contribution in [0, 0.1) is 5.82 Å². The number of halogens is 1. The third-order valence-corrected chi connectivity index (χ3v) is 3.34. The van der Waals surface area contributed by atoms with Crippen LogP contribution in [-0.4, -0.2) is 7.11 Å². The summed E-state index contributed by atoms with van der Waals surface area (Å²) >= 11 is 1.48. The van der Waals surface area contributed by atoms with Gasteiger partial charge in [-0.15, -0.1) is 0 Å². The lowest BCUT2D eigenvalue weighted by atomic mass is 10.3. The number of hydrogen-bond donors (Lipinski definition) is 1. The third kappa shape index (κ3) is 2.71. The van der Waals surface area contributed by atoms with E-state index >= 15 is 0 Å². The molecule has 0 radical (unpaired) electrons. The van der Waals surface area contributed by atoms with Crippen LogP contribution in [-0.2, 0) is 0 Å². The van der Waals surface area contributed by atoms with Crippen LogP contribution in [0.1, 0.15) is 0 Å². The number of rotatable bonds is 3. The second-order valence-corrected chi connectivity index (χ2v) is 4.56. The molecule has 0 amide bonds. The zero-order chi connectivity index (χ0) is 12.3. The standard InChI is InChI=1S/C13H12FNOS/c1-16-12-8-13(11(15)7-10(12)14)17-9-5-3-2-4-6-9/h2-8H,15H2,1H3. The van der Waals surface area contributed by atoms with Crippen LogP contribution < -0.4 is 10.5 Å². The van der Waals surface area contributed by atoms with Crippen molar-refractivity contribution in [2.24, 2.45) is 0 Å². The van der Waals surface area contributed by atoms with Crippen molar-refractivity contribution in [3.05, 3.63) is 48.3 Å². The van der Waals surface area contributed by atoms with Crippen LogP contribution in [0.2, 0.25) is 0 Å². The molecular formula is C13H12FNOS. The van der Waals surface area contributed by atoms with E-state index in [-0.39, 0.29) is 5.75 Å². The highest BCUT2D eigenvalue weighted by Gasteiger charge is 2.09. The van der Waals surface area contributed by atoms with Crippen LogP contribution in [0.3, 0.4) is 0 Å². The largest absolute Gasteiger partial charge is 0.494 e. The number of benzene rings is 2. The summed E-state index contributed by atoms with van der Waals surface area (Å²) in [6, 6.07) is 12.7. The summed E-state index contributed by atoms with van der Waals surface area (Å²) in [6.07, 6.45) is 0. The SMILES string of the molecule is COc1cc(Sc2ccccc2)c(N)cc1F. The van der Waals surface area contributed by atoms with Gasteiger partial charge in [-0.1, -0.05) is 30.0 Å². The number of hydrogen-bond acceptors (Lipinski definition) is 3. The fourth-order valence-electron chi connectivity index (χ4n) is 1.41. The van der Waals surface area contributed by atoms with Gasteiger partial charge in [0.1, 0.15) is 0 Å². The molecular weight excluding hydrogens is 237 g/mol. The highest BCUT2D eigenvalue weighted by molar-refractivity contribution is 7.99. The first-order valence-electron chi connectivity index (χ1n) is 5.06. The average Bonchev–Trinajstić information content (AvgIpc) is 2.34. The van der Waals surface area contributed by atoms with Gasteiger partial charge in [-0.25, -0.2) is 4.39 Å². The van der Waals surface area contributed by atoms with Crippen molar-refractivity contribution in [2.45, 2.75) is 9.79 Å². The molecule has 2 N–H and O–H groups in total. The van der Waals surface area contributed by atoms with Crippen LogP contribution in [0.5, 0.6) is 5.75 Å². The smallest absolute Gasteiger partial charge is 0.167 e. The molecule has 0 saturated carbocycles. The second-order valence-electron chi connectivity index (χ2n) is 3.44. The Labute approximate surface area is 104 Å². The van der Waals surface area contributed by atoms with E-state index in [1.165, 1.54) is 24.9 Å². The predicted octanol–water partition coefficient (Wildman–Crippen LogP) is 3.57. The van der Waals surface area contributed by atoms with E-state index < -0.39 is 5.82 Å². The van der Waals surface area contributed by atoms with E-state index in [9.17, 15) is 4.39 Å². The van der Waals surface area contributed by atoms with Crippen molar-refractivity contribution in [3.8, 4) is 5.75 Å². The monoisotopic (exact) mass is 249 g/mol. The van der Waals surface area contributed by atoms with Crippen molar-refractivity contribution >= 4 is 17.4 Å². The molecule has 0 heterocycles. The van der Waals surface area contributed by atoms with E-state index in [2.05, 4.69) is 0 Å². The molecule has 0 spiro atoms. The molecule has 0 aromatic heterocycles. The number of anilines is 1. The fraction of sp³-hybridized carbons (Fsp3) is 0.0769. The topological polar surface area (TPSA) is 35.2 Å². The van der Waals surface area contributed by atoms with E-state index in [4.69, 9.17) is 10.5 Å². The first-order chi connectivity index (χ1) is 8.20. The van der Waals surface area contributed by atoms with Gasteiger partial charge in [0.2, 0.25) is 0 Å². The van der Waals surface area contributed by atoms with Crippen molar-refractivity contribution in [2.75, 3.05) is 12.8 Å². The number of methoxy groups -OCH3 is 1. The minimum Gasteiger partial charge on any atom is -0.494 e. The zero-order valence-electron chi connectivity index (χ0n) is 9.31. The predicted molar refractivity (Wildman–Crippen MR) is 67.9 cm³/mol. The van der Waals surface area contributed by atoms with E-state index in [1.807, 2.05) is 30.3 Å². The lowest BCUT2D eigenvalue weighted by Gasteiger charge is -2.08. The summed E-state index contributed by atoms with van der Waals surface area (Å²) < 4.78 is 18.3. The maximum Gasteiger partial charge on any atom is 0.167 e. The van der Waals surface area contributed by atoms with E-state index in [1.54, 1.807) is 6.07 Å². The van der Waals surface area contributed by atoms with Gasteiger partial charge >= 0.3 is 0 Å². The summed E-state index contributed by atoms with van der Waals surface area (Å²) in [4.78, 5) is 1.84. The van der Waals surface area contributed by atoms with Gasteiger partial charge in [0, 0.05) is 21.5 Å². The summed E-state index contributed by atoms with van der Waals surface area (Å²) in [5, 5.41) is 0. The van der Waals surface area contributed by atoms with Gasteiger partial charge in [0.25, 0.3) is 0 Å². The Kier molecular flexibility index (Phi) is 3.54. The number of nitrogens with two attached hydrogens (primary N) is 1. The van der Waals surface area contributed by atoms with Gasteiger partial charge in [0.05, 0.1) is 7.11 Å². The Balaban J connectivity index is 2.33. The van der Waals surface area contributed by atoms with Crippen LogP contribution in [0.25, 0.3) is 0 Å². The molecule has 0 bridgehead atoms. The minimum absolute atomic E-state index is 0.206. The van der Waals surface area contributed by atoms with Crippen molar-refractivity contribution in [3.63, 3.8) is 0 Å². The molecule has 0 aliphatic rings. The summed E-state index contributed by atoms with van der Waals surface area (Å²) in [6.45, 7) is 0. The molecule has 88 valence electrons. The van der Waals surface area contributed by atoms with Gasteiger partial charge in [-0.2, -0.15) is 0 Å². The first-order valence-corrected chi connectivity index (χ1v) is 5.88. The second kappa shape index (κ2) is 5.10. The Hall–Kier alpha value is -1.68. The maximum atomic E-state index is 13.4. The zero-order valence-corrected chi connectivity index (χ0v) is 10.1. The summed E-state index contributed by atoms with van der Waals surface area (Å²) in [5.74, 6) is -0.236. The Morgan fingerprint density at radius 3 is 2.53 bits per heavy atom. The normalized spacial score (nSPS) is 10.2. The van der Waals surface area contributed by atoms with Gasteiger partial charge in [-0.3, -0.25) is 0 Å². The third-order valence-electron chi connectivity index (χ3n) is 2.26. The molecule has 2 aromatic carbocycles. The maximum absolute atomic E-state index is 13.4. The molecule has 0 fully saturated rings. The highest BCUT2D eigenvalue weighted by Crippen LogP contribution is 2.35. The number of ether oxygens (including phenoxy) is 1. The molecule has 2 aromatic rings. The van der Waals surface area contributed by atoms with Gasteiger partial charge in [-0.05, 0) is 18.2 Å². The molecule has 0 unspecified atom stereocenters. The molecule has 2 rings (SSSR count). The van der Waals surface area contributed by atoms with Gasteiger partial charge in [0.15, 0.2) is 11.6 Å². The Bertz CT molecular complexity index is 516. The van der Waals surface area contributed by atoms with Crippen LogP contribution in [0.4, 0.5) is 10.1 Å². The Morgan fingerprint density at radius 1 is 1.18 bits per heavy atom. The Morgan fingerprint density at radius 2 is 1.88 bits per heavy atom. The molecule has 4 heteroatoms. The highest BCUT2D eigenvalue weighted by atomic mass is 32.2. The minimum atomic E-state index is -0.442. The van der Waals surface area contributed by atoms with Crippen molar-refractivity contribution in [1.82, 2.24) is 0 Å². The molecule has 17 heavy (non-hydrogen) atoms. The van der Waals surface area contributed by atoms with Crippen LogP contribution in [0.15, 0.2) is 52.3 Å². The molecule has 0 atom stereocenters. The average molecular weight is 249 g/mol. The van der Waals surface area contributed by atoms with E-state index in [0.717, 1.165) is 9.79 Å². The lowest BCUT2D eigenvalue weighted by molar-refractivity contribution is 0.385. The summed E-state index contributed by atoms with van der Waals surface area (Å²) in [5.41, 5.74) is 6.19. The number of nitrogen functional groups attached to an aromatic ring is 1. The quantitative estimate of drug-likeness (QED) is 0.845. The molecule has 0 aliphatic carbocycles. The van der Waals surface area contributed by atoms with Crippen LogP contribution >= 0.6 is 11.8 Å². The van der Waals surface area contributed by atoms with Crippen molar-refractivity contribution in [1.29, 1.82) is 0 Å². The molecule has 0 aliphatic heterocycles. The lowest BCUT2D eigenvalue weighted by Crippen LogP contribution is -1.94. The fourth-order valence-corrected chi connectivity index (χ4v) is 2.30. The first kappa shape index (κ1) is 11.8. The molecule has 2 nitrogen and oxygen atoms in total. The van der Waals surface area contributed by atoms with Crippen molar-refractivity contribution < 1.29 is 9.13 Å². The van der Waals surface area contributed by atoms with E-state index in [0.29, 0.717) is 5.69 Å². The summed E-state index contributed by atoms with van der Waals surface area (Å²) in [7, 11) is 1.44. The van der Waals surface area contributed by atoms with Gasteiger partial charge < -0.3 is 10.5 Å². The molecule has 0 saturated heterocycles.